The van der Waals surface area contributed by atoms with Crippen LogP contribution in [0, 0.1) is 0 Å². The van der Waals surface area contributed by atoms with Gasteiger partial charge in [-0.25, -0.2) is 9.78 Å². The maximum atomic E-state index is 12.1. The number of carboxylic acids is 1. The van der Waals surface area contributed by atoms with Gasteiger partial charge in [0, 0.05) is 13.6 Å². The summed E-state index contributed by atoms with van der Waals surface area (Å²) in [5.74, 6) is -1.11. The smallest absolute Gasteiger partial charge is 0.329 e. The summed E-state index contributed by atoms with van der Waals surface area (Å²) in [5, 5.41) is 9.27. The van der Waals surface area contributed by atoms with Crippen LogP contribution in [0.3, 0.4) is 0 Å². The Morgan fingerprint density at radius 1 is 1.36 bits per heavy atom. The van der Waals surface area contributed by atoms with E-state index >= 15 is 0 Å². The van der Waals surface area contributed by atoms with E-state index in [4.69, 9.17) is 5.11 Å². The molecule has 9 heteroatoms. The lowest BCUT2D eigenvalue weighted by molar-refractivity contribution is -0.133. The molecule has 0 aliphatic carbocycles. The van der Waals surface area contributed by atoms with Gasteiger partial charge in [0.25, 0.3) is 5.56 Å². The van der Waals surface area contributed by atoms with Crippen molar-refractivity contribution in [3.8, 4) is 0 Å². The molecule has 0 aromatic carbocycles. The van der Waals surface area contributed by atoms with E-state index in [0.717, 1.165) is 31.0 Å². The summed E-state index contributed by atoms with van der Waals surface area (Å²) in [4.78, 5) is 41.1. The van der Waals surface area contributed by atoms with Crippen molar-refractivity contribution in [2.75, 3.05) is 5.75 Å². The quantitative estimate of drug-likeness (QED) is 0.575. The van der Waals surface area contributed by atoms with Crippen LogP contribution in [0.2, 0.25) is 0 Å². The van der Waals surface area contributed by atoms with Crippen molar-refractivity contribution in [1.82, 2.24) is 19.1 Å². The van der Waals surface area contributed by atoms with Crippen LogP contribution in [0.1, 0.15) is 26.2 Å². The second-order valence-electron chi connectivity index (χ2n) is 4.93. The molecular formula is C13H18N4O4S. The number of unbranched alkanes of at least 4 members (excludes halogenated alkanes) is 2. The summed E-state index contributed by atoms with van der Waals surface area (Å²) in [6.45, 7) is 2.64. The van der Waals surface area contributed by atoms with Crippen LogP contribution in [0.4, 0.5) is 0 Å². The second-order valence-corrected chi connectivity index (χ2v) is 5.87. The molecule has 2 aromatic rings. The summed E-state index contributed by atoms with van der Waals surface area (Å²) >= 11 is 1.05. The SMILES string of the molecule is CCCCCn1c(SCC(=O)O)nc2c1c(=O)[nH]c(=O)n2C. The van der Waals surface area contributed by atoms with Crippen molar-refractivity contribution < 1.29 is 9.90 Å². The Kier molecular flexibility index (Phi) is 5.07. The molecule has 2 N–H and O–H groups in total. The number of imidazole rings is 1. The fourth-order valence-corrected chi connectivity index (χ4v) is 2.92. The highest BCUT2D eigenvalue weighted by atomic mass is 32.2. The van der Waals surface area contributed by atoms with Crippen LogP contribution in [-0.4, -0.2) is 35.9 Å². The van der Waals surface area contributed by atoms with Crippen molar-refractivity contribution in [2.24, 2.45) is 7.05 Å². The molecule has 0 aliphatic heterocycles. The number of nitrogens with zero attached hydrogens (tertiary/aromatic N) is 3. The number of H-pyrrole nitrogens is 1. The summed E-state index contributed by atoms with van der Waals surface area (Å²) in [7, 11) is 1.52. The van der Waals surface area contributed by atoms with Crippen molar-refractivity contribution in [2.45, 2.75) is 37.9 Å². The highest BCUT2D eigenvalue weighted by Gasteiger charge is 2.18. The normalized spacial score (nSPS) is 11.2. The van der Waals surface area contributed by atoms with E-state index in [1.807, 2.05) is 0 Å². The molecular weight excluding hydrogens is 308 g/mol. The summed E-state index contributed by atoms with van der Waals surface area (Å²) in [6.07, 6.45) is 2.87. The average molecular weight is 326 g/mol. The first-order valence-corrected chi connectivity index (χ1v) is 7.98. The molecule has 0 fully saturated rings. The molecule has 0 aliphatic rings. The predicted molar refractivity (Wildman–Crippen MR) is 83.5 cm³/mol. The minimum atomic E-state index is -0.958. The Labute approximate surface area is 130 Å². The third-order valence-electron chi connectivity index (χ3n) is 3.28. The van der Waals surface area contributed by atoms with Gasteiger partial charge >= 0.3 is 11.7 Å². The second kappa shape index (κ2) is 6.82. The molecule has 0 saturated heterocycles. The Balaban J connectivity index is 2.56. The zero-order valence-corrected chi connectivity index (χ0v) is 13.3. The lowest BCUT2D eigenvalue weighted by Crippen LogP contribution is -2.29. The Morgan fingerprint density at radius 3 is 2.73 bits per heavy atom. The third kappa shape index (κ3) is 3.24. The van der Waals surface area contributed by atoms with Gasteiger partial charge in [-0.05, 0) is 6.42 Å². The van der Waals surface area contributed by atoms with Gasteiger partial charge < -0.3 is 9.67 Å². The number of aromatic nitrogens is 4. The van der Waals surface area contributed by atoms with Gasteiger partial charge in [0.15, 0.2) is 16.3 Å². The number of rotatable bonds is 7. The highest BCUT2D eigenvalue weighted by Crippen LogP contribution is 2.22. The number of aliphatic carboxylic acids is 1. The van der Waals surface area contributed by atoms with Gasteiger partial charge in [-0.2, -0.15) is 0 Å². The Hall–Kier alpha value is -2.03. The highest BCUT2D eigenvalue weighted by molar-refractivity contribution is 7.99. The Bertz CT molecular complexity index is 805. The fraction of sp³-hybridized carbons (Fsp3) is 0.538. The topological polar surface area (TPSA) is 110 Å². The molecule has 0 atom stereocenters. The summed E-state index contributed by atoms with van der Waals surface area (Å²) < 4.78 is 2.97. The molecule has 0 saturated carbocycles. The molecule has 0 bridgehead atoms. The first kappa shape index (κ1) is 16.3. The maximum absolute atomic E-state index is 12.1. The number of carboxylic acid groups (broad SMARTS) is 1. The fourth-order valence-electron chi connectivity index (χ4n) is 2.18. The maximum Gasteiger partial charge on any atom is 0.329 e. The molecule has 2 rings (SSSR count). The minimum Gasteiger partial charge on any atom is -0.481 e. The van der Waals surface area contributed by atoms with E-state index in [9.17, 15) is 14.4 Å². The number of carbonyl (C=O) groups is 1. The first-order chi connectivity index (χ1) is 10.5. The molecule has 0 amide bonds. The molecule has 22 heavy (non-hydrogen) atoms. The van der Waals surface area contributed by atoms with Gasteiger partial charge in [-0.1, -0.05) is 31.5 Å². The number of aryl methyl sites for hydroxylation is 2. The van der Waals surface area contributed by atoms with Crippen LogP contribution in [-0.2, 0) is 18.4 Å². The van der Waals surface area contributed by atoms with E-state index < -0.39 is 17.2 Å². The molecule has 120 valence electrons. The van der Waals surface area contributed by atoms with Gasteiger partial charge in [0.1, 0.15) is 0 Å². The number of aromatic amines is 1. The number of hydrogen-bond donors (Lipinski definition) is 2. The summed E-state index contributed by atoms with van der Waals surface area (Å²) in [5.41, 5.74) is -0.445. The van der Waals surface area contributed by atoms with Crippen molar-refractivity contribution in [1.29, 1.82) is 0 Å². The number of hydrogen-bond acceptors (Lipinski definition) is 5. The van der Waals surface area contributed by atoms with E-state index in [2.05, 4.69) is 16.9 Å². The van der Waals surface area contributed by atoms with Crippen LogP contribution >= 0.6 is 11.8 Å². The van der Waals surface area contributed by atoms with Crippen molar-refractivity contribution in [3.05, 3.63) is 20.8 Å². The third-order valence-corrected chi connectivity index (χ3v) is 4.24. The first-order valence-electron chi connectivity index (χ1n) is 6.99. The number of fused-ring (bicyclic) bond motifs is 1. The average Bonchev–Trinajstić information content (AvgIpc) is 2.82. The van der Waals surface area contributed by atoms with Crippen LogP contribution in [0.5, 0.6) is 0 Å². The van der Waals surface area contributed by atoms with E-state index in [1.54, 1.807) is 4.57 Å². The van der Waals surface area contributed by atoms with E-state index in [1.165, 1.54) is 11.6 Å². The van der Waals surface area contributed by atoms with Gasteiger partial charge in [0.05, 0.1) is 5.75 Å². The van der Waals surface area contributed by atoms with E-state index in [0.29, 0.717) is 17.2 Å². The number of nitrogens with one attached hydrogen (secondary N) is 1. The van der Waals surface area contributed by atoms with Crippen molar-refractivity contribution in [3.63, 3.8) is 0 Å². The molecule has 0 radical (unpaired) electrons. The van der Waals surface area contributed by atoms with Gasteiger partial charge in [-0.15, -0.1) is 0 Å². The summed E-state index contributed by atoms with van der Waals surface area (Å²) in [6, 6.07) is 0. The van der Waals surface area contributed by atoms with Gasteiger partial charge in [-0.3, -0.25) is 19.1 Å². The molecule has 2 heterocycles. The molecule has 0 unspecified atom stereocenters. The monoisotopic (exact) mass is 326 g/mol. The standard InChI is InChI=1S/C13H18N4O4S/c1-3-4-5-6-17-9-10(14-13(17)22-7-8(18)19)16(2)12(21)15-11(9)20/h3-7H2,1-2H3,(H,18,19)(H,15,20,21). The minimum absolute atomic E-state index is 0.150. The zero-order valence-electron chi connectivity index (χ0n) is 12.5. The van der Waals surface area contributed by atoms with E-state index in [-0.39, 0.29) is 11.4 Å². The molecule has 2 aromatic heterocycles. The lowest BCUT2D eigenvalue weighted by Gasteiger charge is -2.07. The largest absolute Gasteiger partial charge is 0.481 e. The van der Waals surface area contributed by atoms with Crippen LogP contribution in [0.25, 0.3) is 11.2 Å². The van der Waals surface area contributed by atoms with Gasteiger partial charge in [0.2, 0.25) is 0 Å². The zero-order chi connectivity index (χ0) is 16.3. The molecule has 8 nitrogen and oxygen atoms in total. The predicted octanol–water partition coefficient (Wildman–Crippen LogP) is 0.790. The lowest BCUT2D eigenvalue weighted by atomic mass is 10.2. The Morgan fingerprint density at radius 2 is 2.09 bits per heavy atom. The number of thioether (sulfide) groups is 1. The van der Waals surface area contributed by atoms with Crippen LogP contribution in [0.15, 0.2) is 14.7 Å². The van der Waals surface area contributed by atoms with Crippen molar-refractivity contribution >= 4 is 28.9 Å². The molecule has 0 spiro atoms. The van der Waals surface area contributed by atoms with Crippen LogP contribution < -0.4 is 11.2 Å².